The fraction of sp³-hybridized carbons (Fsp3) is 1.00. The molecule has 74 valence electrons. The van der Waals surface area contributed by atoms with Crippen molar-refractivity contribution in [2.75, 3.05) is 13.6 Å². The zero-order valence-corrected chi connectivity index (χ0v) is 8.88. The average molecular weight is 173 g/mol. The Labute approximate surface area is 76.6 Å². The van der Waals surface area contributed by atoms with Crippen LogP contribution in [0.4, 0.5) is 0 Å². The third-order valence-corrected chi connectivity index (χ3v) is 2.54. The van der Waals surface area contributed by atoms with Gasteiger partial charge < -0.3 is 10.0 Å². The SMILES string of the molecule is CCC(O)CN(C)C(CC)CC. The second kappa shape index (κ2) is 6.44. The summed E-state index contributed by atoms with van der Waals surface area (Å²) in [5, 5.41) is 9.43. The molecule has 0 amide bonds. The molecule has 1 unspecified atom stereocenters. The van der Waals surface area contributed by atoms with E-state index in [2.05, 4.69) is 25.8 Å². The highest BCUT2D eigenvalue weighted by Crippen LogP contribution is 2.07. The maximum atomic E-state index is 9.43. The van der Waals surface area contributed by atoms with Crippen LogP contribution in [0.5, 0.6) is 0 Å². The maximum absolute atomic E-state index is 9.43. The van der Waals surface area contributed by atoms with Crippen LogP contribution >= 0.6 is 0 Å². The summed E-state index contributed by atoms with van der Waals surface area (Å²) in [6.07, 6.45) is 3.03. The molecule has 2 nitrogen and oxygen atoms in total. The summed E-state index contributed by atoms with van der Waals surface area (Å²) in [6.45, 7) is 7.22. The molecule has 0 rings (SSSR count). The van der Waals surface area contributed by atoms with Gasteiger partial charge in [0.1, 0.15) is 0 Å². The minimum absolute atomic E-state index is 0.157. The number of likely N-dealkylation sites (N-methyl/N-ethyl adjacent to an activating group) is 1. The third kappa shape index (κ3) is 4.07. The number of hydrogen-bond donors (Lipinski definition) is 1. The standard InChI is InChI=1S/C10H23NO/c1-5-9(6-2)11(4)8-10(12)7-3/h9-10,12H,5-8H2,1-4H3. The maximum Gasteiger partial charge on any atom is 0.0664 e. The van der Waals surface area contributed by atoms with E-state index in [0.29, 0.717) is 6.04 Å². The molecule has 0 aromatic carbocycles. The normalized spacial score (nSPS) is 14.2. The van der Waals surface area contributed by atoms with Gasteiger partial charge in [-0.05, 0) is 26.3 Å². The molecule has 2 heteroatoms. The van der Waals surface area contributed by atoms with Crippen molar-refractivity contribution in [1.82, 2.24) is 4.90 Å². The summed E-state index contributed by atoms with van der Waals surface area (Å²) in [5.41, 5.74) is 0. The van der Waals surface area contributed by atoms with E-state index in [1.54, 1.807) is 0 Å². The number of aliphatic hydroxyl groups excluding tert-OH is 1. The van der Waals surface area contributed by atoms with Gasteiger partial charge in [-0.25, -0.2) is 0 Å². The Morgan fingerprint density at radius 2 is 1.58 bits per heavy atom. The molecule has 0 aliphatic rings. The first-order valence-corrected chi connectivity index (χ1v) is 5.03. The van der Waals surface area contributed by atoms with Gasteiger partial charge in [0.2, 0.25) is 0 Å². The van der Waals surface area contributed by atoms with Gasteiger partial charge in [0.05, 0.1) is 6.10 Å². The first kappa shape index (κ1) is 11.9. The largest absolute Gasteiger partial charge is 0.392 e. The van der Waals surface area contributed by atoms with E-state index in [-0.39, 0.29) is 6.10 Å². The summed E-state index contributed by atoms with van der Waals surface area (Å²) in [5.74, 6) is 0. The van der Waals surface area contributed by atoms with E-state index < -0.39 is 0 Å². The molecule has 0 saturated carbocycles. The topological polar surface area (TPSA) is 23.5 Å². The Bertz CT molecular complexity index is 102. The molecule has 0 fully saturated rings. The molecular formula is C10H23NO. The second-order valence-corrected chi connectivity index (χ2v) is 3.47. The van der Waals surface area contributed by atoms with Crippen molar-refractivity contribution in [2.24, 2.45) is 0 Å². The number of nitrogens with zero attached hydrogens (tertiary/aromatic N) is 1. The minimum Gasteiger partial charge on any atom is -0.392 e. The summed E-state index contributed by atoms with van der Waals surface area (Å²) in [6, 6.07) is 0.631. The molecule has 1 atom stereocenters. The van der Waals surface area contributed by atoms with Crippen LogP contribution in [-0.4, -0.2) is 35.7 Å². The van der Waals surface area contributed by atoms with E-state index >= 15 is 0 Å². The van der Waals surface area contributed by atoms with Gasteiger partial charge in [-0.15, -0.1) is 0 Å². The lowest BCUT2D eigenvalue weighted by atomic mass is 10.1. The lowest BCUT2D eigenvalue weighted by Crippen LogP contribution is -2.36. The molecule has 12 heavy (non-hydrogen) atoms. The van der Waals surface area contributed by atoms with Crippen molar-refractivity contribution >= 4 is 0 Å². The number of rotatable bonds is 6. The number of hydrogen-bond acceptors (Lipinski definition) is 2. The van der Waals surface area contributed by atoms with E-state index in [4.69, 9.17) is 0 Å². The van der Waals surface area contributed by atoms with Crippen molar-refractivity contribution < 1.29 is 5.11 Å². The van der Waals surface area contributed by atoms with Gasteiger partial charge in [0.15, 0.2) is 0 Å². The van der Waals surface area contributed by atoms with Crippen molar-refractivity contribution in [1.29, 1.82) is 0 Å². The van der Waals surface area contributed by atoms with Crippen molar-refractivity contribution in [3.8, 4) is 0 Å². The molecular weight excluding hydrogens is 150 g/mol. The van der Waals surface area contributed by atoms with Gasteiger partial charge in [0.25, 0.3) is 0 Å². The average Bonchev–Trinajstić information content (AvgIpc) is 2.06. The fourth-order valence-electron chi connectivity index (χ4n) is 1.52. The molecule has 0 radical (unpaired) electrons. The Morgan fingerprint density at radius 3 is 1.92 bits per heavy atom. The summed E-state index contributed by atoms with van der Waals surface area (Å²) in [4.78, 5) is 2.26. The minimum atomic E-state index is -0.157. The van der Waals surface area contributed by atoms with E-state index in [1.807, 2.05) is 6.92 Å². The molecule has 0 bridgehead atoms. The number of aliphatic hydroxyl groups is 1. The van der Waals surface area contributed by atoms with E-state index in [9.17, 15) is 5.11 Å². The molecule has 0 saturated heterocycles. The van der Waals surface area contributed by atoms with Gasteiger partial charge in [0, 0.05) is 12.6 Å². The van der Waals surface area contributed by atoms with Crippen LogP contribution in [0.25, 0.3) is 0 Å². The highest BCUT2D eigenvalue weighted by atomic mass is 16.3. The lowest BCUT2D eigenvalue weighted by Gasteiger charge is -2.27. The monoisotopic (exact) mass is 173 g/mol. The van der Waals surface area contributed by atoms with Crippen LogP contribution in [0.3, 0.4) is 0 Å². The quantitative estimate of drug-likeness (QED) is 0.663. The van der Waals surface area contributed by atoms with Crippen molar-refractivity contribution in [3.05, 3.63) is 0 Å². The molecule has 0 spiro atoms. The van der Waals surface area contributed by atoms with Crippen LogP contribution < -0.4 is 0 Å². The van der Waals surface area contributed by atoms with Crippen LogP contribution in [0, 0.1) is 0 Å². The van der Waals surface area contributed by atoms with Crippen LogP contribution in [0.15, 0.2) is 0 Å². The Hall–Kier alpha value is -0.0800. The van der Waals surface area contributed by atoms with Crippen molar-refractivity contribution in [3.63, 3.8) is 0 Å². The van der Waals surface area contributed by atoms with Crippen molar-refractivity contribution in [2.45, 2.75) is 52.2 Å². The predicted molar refractivity (Wildman–Crippen MR) is 53.3 cm³/mol. The second-order valence-electron chi connectivity index (χ2n) is 3.47. The van der Waals surface area contributed by atoms with Gasteiger partial charge >= 0.3 is 0 Å². The fourth-order valence-corrected chi connectivity index (χ4v) is 1.52. The van der Waals surface area contributed by atoms with Crippen LogP contribution in [-0.2, 0) is 0 Å². The summed E-state index contributed by atoms with van der Waals surface area (Å²) in [7, 11) is 2.09. The van der Waals surface area contributed by atoms with Crippen LogP contribution in [0.1, 0.15) is 40.0 Å². The lowest BCUT2D eigenvalue weighted by molar-refractivity contribution is 0.0982. The first-order chi connectivity index (χ1) is 5.65. The smallest absolute Gasteiger partial charge is 0.0664 e. The van der Waals surface area contributed by atoms with Gasteiger partial charge in [-0.2, -0.15) is 0 Å². The highest BCUT2D eigenvalue weighted by Gasteiger charge is 2.12. The molecule has 0 aromatic rings. The van der Waals surface area contributed by atoms with E-state index in [1.165, 1.54) is 12.8 Å². The predicted octanol–water partition coefficient (Wildman–Crippen LogP) is 1.88. The highest BCUT2D eigenvalue weighted by molar-refractivity contribution is 4.68. The van der Waals surface area contributed by atoms with Crippen LogP contribution in [0.2, 0.25) is 0 Å². The van der Waals surface area contributed by atoms with Gasteiger partial charge in [-0.1, -0.05) is 20.8 Å². The molecule has 0 heterocycles. The summed E-state index contributed by atoms with van der Waals surface area (Å²) >= 11 is 0. The molecule has 1 N–H and O–H groups in total. The first-order valence-electron chi connectivity index (χ1n) is 5.03. The van der Waals surface area contributed by atoms with Gasteiger partial charge in [-0.3, -0.25) is 0 Å². The Balaban J connectivity index is 3.75. The zero-order valence-electron chi connectivity index (χ0n) is 8.88. The Morgan fingerprint density at radius 1 is 1.08 bits per heavy atom. The Kier molecular flexibility index (Phi) is 6.39. The summed E-state index contributed by atoms with van der Waals surface area (Å²) < 4.78 is 0. The van der Waals surface area contributed by atoms with E-state index in [0.717, 1.165) is 13.0 Å². The molecule has 0 aliphatic heterocycles. The third-order valence-electron chi connectivity index (χ3n) is 2.54. The molecule has 0 aliphatic carbocycles. The molecule has 0 aromatic heterocycles. The zero-order chi connectivity index (χ0) is 9.56.